The molecule has 0 saturated heterocycles. The van der Waals surface area contributed by atoms with Crippen molar-refractivity contribution in [2.45, 2.75) is 63.1 Å². The molecule has 0 aromatic rings. The molecule has 138 valence electrons. The molecule has 1 N–H and O–H groups in total. The van der Waals surface area contributed by atoms with E-state index in [1.807, 2.05) is 0 Å². The third-order valence-corrected chi connectivity index (χ3v) is 10.5. The molecule has 0 aliphatic heterocycles. The zero-order valence-corrected chi connectivity index (χ0v) is 15.6. The Bertz CT molecular complexity index is 531. The minimum Gasteiger partial charge on any atom is -0.298 e. The third-order valence-electron chi connectivity index (χ3n) is 4.36. The van der Waals surface area contributed by atoms with Crippen molar-refractivity contribution in [2.24, 2.45) is 5.92 Å². The van der Waals surface area contributed by atoms with Gasteiger partial charge in [0, 0.05) is 12.2 Å². The van der Waals surface area contributed by atoms with Gasteiger partial charge in [-0.1, -0.05) is 19.3 Å². The van der Waals surface area contributed by atoms with E-state index in [1.54, 1.807) is 20.8 Å². The fourth-order valence-corrected chi connectivity index (χ4v) is 6.83. The van der Waals surface area contributed by atoms with Gasteiger partial charge in [-0.25, -0.2) is 0 Å². The number of carbonyl (C=O) groups excluding carboxylic acids is 1. The highest BCUT2D eigenvalue weighted by Crippen LogP contribution is 2.57. The second kappa shape index (κ2) is 6.92. The molecular weight excluding hydrogens is 353 g/mol. The van der Waals surface area contributed by atoms with Gasteiger partial charge in [0.15, 0.2) is 5.78 Å². The lowest BCUT2D eigenvalue weighted by Crippen LogP contribution is -2.40. The highest BCUT2D eigenvalue weighted by Gasteiger charge is 2.58. The van der Waals surface area contributed by atoms with Crippen LogP contribution in [-0.4, -0.2) is 40.1 Å². The molecule has 0 bridgehead atoms. The predicted molar refractivity (Wildman–Crippen MR) is 87.3 cm³/mol. The van der Waals surface area contributed by atoms with Gasteiger partial charge >= 0.3 is 15.6 Å². The van der Waals surface area contributed by atoms with Crippen LogP contribution >= 0.6 is 10.3 Å². The van der Waals surface area contributed by atoms with Gasteiger partial charge in [0.1, 0.15) is 0 Å². The largest absolute Gasteiger partial charge is 0.572 e. The van der Waals surface area contributed by atoms with E-state index in [1.165, 1.54) is 6.26 Å². The molecule has 0 amide bonds. The summed E-state index contributed by atoms with van der Waals surface area (Å²) in [5, 5.41) is 0. The van der Waals surface area contributed by atoms with Gasteiger partial charge in [0.25, 0.3) is 0 Å². The first-order valence-corrected chi connectivity index (χ1v) is 11.1. The summed E-state index contributed by atoms with van der Waals surface area (Å²) in [7, 11) is -8.28. The topological polar surface area (TPSA) is 64.0 Å². The molecule has 1 aliphatic carbocycles. The molecule has 1 atom stereocenters. The number of alkyl halides is 3. The van der Waals surface area contributed by atoms with Crippen molar-refractivity contribution < 1.29 is 30.0 Å². The van der Waals surface area contributed by atoms with Crippen LogP contribution in [0, 0.1) is 5.92 Å². The van der Waals surface area contributed by atoms with E-state index in [2.05, 4.69) is 3.63 Å². The average molecular weight is 379 g/mol. The molecular formula is C14H26F3O4S2+. The molecule has 9 heteroatoms. The lowest BCUT2D eigenvalue weighted by Gasteiger charge is -2.41. The maximum Gasteiger partial charge on any atom is 0.572 e. The lowest BCUT2D eigenvalue weighted by atomic mass is 9.87. The number of Topliss-reactive ketones (excluding diaryl/α,β-unsaturated/α-hetero) is 1. The quantitative estimate of drug-likeness (QED) is 0.408. The molecule has 1 aliphatic rings. The molecule has 1 saturated carbocycles. The van der Waals surface area contributed by atoms with Crippen molar-refractivity contribution in [1.82, 2.24) is 0 Å². The first-order valence-electron chi connectivity index (χ1n) is 7.53. The Morgan fingerprint density at radius 1 is 1.09 bits per heavy atom. The number of carbonyl (C=O) groups is 1. The van der Waals surface area contributed by atoms with E-state index < -0.39 is 30.7 Å². The minimum atomic E-state index is -5.61. The van der Waals surface area contributed by atoms with Crippen LogP contribution in [0.2, 0.25) is 0 Å². The van der Waals surface area contributed by atoms with Crippen LogP contribution in [-0.2, 0) is 14.9 Å². The molecule has 0 radical (unpaired) electrons. The smallest absolute Gasteiger partial charge is 0.298 e. The van der Waals surface area contributed by atoms with Gasteiger partial charge in [-0.05, 0) is 43.9 Å². The van der Waals surface area contributed by atoms with Crippen LogP contribution in [0.5, 0.6) is 0 Å². The van der Waals surface area contributed by atoms with Crippen LogP contribution in [0.1, 0.15) is 52.9 Å². The summed E-state index contributed by atoms with van der Waals surface area (Å²) in [6, 6.07) is 0. The molecule has 1 rings (SSSR count). The van der Waals surface area contributed by atoms with Crippen LogP contribution in [0.3, 0.4) is 0 Å². The van der Waals surface area contributed by atoms with Gasteiger partial charge in [-0.2, -0.15) is 13.2 Å². The second-order valence-corrected chi connectivity index (χ2v) is 12.7. The minimum absolute atomic E-state index is 0.154. The first kappa shape index (κ1) is 20.8. The SMILES string of the molecule is CC(C)(C)S(C)(CC(=O)C1CCCCC1)[OH+]S(=O)(=O)C(F)(F)F. The maximum absolute atomic E-state index is 12.7. The Morgan fingerprint density at radius 3 is 1.96 bits per heavy atom. The van der Waals surface area contributed by atoms with Crippen molar-refractivity contribution in [3.05, 3.63) is 0 Å². The summed E-state index contributed by atoms with van der Waals surface area (Å²) in [4.78, 5) is 12.5. The lowest BCUT2D eigenvalue weighted by molar-refractivity contribution is -0.121. The normalized spacial score (nSPS) is 22.4. The highest BCUT2D eigenvalue weighted by molar-refractivity contribution is 8.33. The highest BCUT2D eigenvalue weighted by atomic mass is 32.3. The summed E-state index contributed by atoms with van der Waals surface area (Å²) in [6.07, 6.45) is 5.76. The Balaban J connectivity index is 3.02. The molecule has 0 spiro atoms. The number of hydrogen-bond acceptors (Lipinski definition) is 3. The summed E-state index contributed by atoms with van der Waals surface area (Å²) in [5.74, 6) is -0.545. The zero-order valence-electron chi connectivity index (χ0n) is 13.9. The first-order chi connectivity index (χ1) is 10.2. The number of ketones is 1. The summed E-state index contributed by atoms with van der Waals surface area (Å²) in [6.45, 7) is 4.89. The van der Waals surface area contributed by atoms with E-state index in [4.69, 9.17) is 0 Å². The monoisotopic (exact) mass is 379 g/mol. The number of hydrogen-bond donors (Lipinski definition) is 0. The van der Waals surface area contributed by atoms with E-state index in [-0.39, 0.29) is 17.5 Å². The van der Waals surface area contributed by atoms with Gasteiger partial charge in [-0.15, -0.1) is 8.42 Å². The average Bonchev–Trinajstić information content (AvgIpc) is 2.36. The predicted octanol–water partition coefficient (Wildman–Crippen LogP) is 4.23. The fourth-order valence-electron chi connectivity index (χ4n) is 2.43. The van der Waals surface area contributed by atoms with Gasteiger partial charge in [0.2, 0.25) is 0 Å². The maximum atomic E-state index is 12.7. The molecule has 23 heavy (non-hydrogen) atoms. The number of halogens is 3. The van der Waals surface area contributed by atoms with E-state index >= 15 is 0 Å². The Labute approximate surface area is 137 Å². The molecule has 1 unspecified atom stereocenters. The van der Waals surface area contributed by atoms with Crippen molar-refractivity contribution >= 4 is 26.2 Å². The fraction of sp³-hybridized carbons (Fsp3) is 0.929. The van der Waals surface area contributed by atoms with Crippen molar-refractivity contribution in [3.8, 4) is 0 Å². The number of rotatable bonds is 5. The second-order valence-electron chi connectivity index (χ2n) is 7.09. The zero-order chi connectivity index (χ0) is 18.1. The van der Waals surface area contributed by atoms with E-state index in [9.17, 15) is 26.4 Å². The van der Waals surface area contributed by atoms with E-state index in [0.717, 1.165) is 32.1 Å². The van der Waals surface area contributed by atoms with Crippen molar-refractivity contribution in [1.29, 1.82) is 0 Å². The van der Waals surface area contributed by atoms with Crippen LogP contribution in [0.15, 0.2) is 0 Å². The molecule has 0 aromatic carbocycles. The molecule has 4 nitrogen and oxygen atoms in total. The van der Waals surface area contributed by atoms with E-state index in [0.29, 0.717) is 0 Å². The Hall–Kier alpha value is -0.280. The summed E-state index contributed by atoms with van der Waals surface area (Å²) >= 11 is 0. The van der Waals surface area contributed by atoms with Crippen LogP contribution < -0.4 is 0 Å². The van der Waals surface area contributed by atoms with Crippen LogP contribution in [0.25, 0.3) is 0 Å². The van der Waals surface area contributed by atoms with Crippen LogP contribution in [0.4, 0.5) is 13.2 Å². The van der Waals surface area contributed by atoms with Crippen molar-refractivity contribution in [2.75, 3.05) is 12.0 Å². The third kappa shape index (κ3) is 5.09. The molecule has 1 fully saturated rings. The Kier molecular flexibility index (Phi) is 6.24. The van der Waals surface area contributed by atoms with Gasteiger partial charge in [-0.3, -0.25) is 8.42 Å². The van der Waals surface area contributed by atoms with Crippen molar-refractivity contribution in [3.63, 3.8) is 0 Å². The standard InChI is InChI=1S/C14H25F3O4S2/c1-13(2,3)22(4,21-23(19,20)14(15,16)17)10-12(18)11-8-6-5-7-9-11/h11H,5-10H2,1-4H3/p+1. The summed E-state index contributed by atoms with van der Waals surface area (Å²) in [5.41, 5.74) is -5.43. The van der Waals surface area contributed by atoms with Gasteiger partial charge < -0.3 is 0 Å². The summed E-state index contributed by atoms with van der Waals surface area (Å²) < 4.78 is 63.5. The van der Waals surface area contributed by atoms with Gasteiger partial charge in [0.05, 0.1) is 10.5 Å². The molecule has 0 heterocycles. The molecule has 0 aromatic heterocycles. The Morgan fingerprint density at radius 2 is 1.57 bits per heavy atom.